The van der Waals surface area contributed by atoms with Crippen molar-refractivity contribution in [2.24, 2.45) is 5.73 Å². The Kier molecular flexibility index (Phi) is 9.39. The summed E-state index contributed by atoms with van der Waals surface area (Å²) in [5.74, 6) is -0.0187. The lowest BCUT2D eigenvalue weighted by atomic mass is 10.3. The third-order valence-corrected chi connectivity index (χ3v) is 4.97. The van der Waals surface area contributed by atoms with Crippen LogP contribution in [0.4, 0.5) is 0 Å². The Hall–Kier alpha value is -0.410. The number of halogens is 1. The van der Waals surface area contributed by atoms with Crippen molar-refractivity contribution < 1.29 is 17.9 Å². The van der Waals surface area contributed by atoms with Crippen molar-refractivity contribution in [3.8, 4) is 0 Å². The third kappa shape index (κ3) is 6.92. The Morgan fingerprint density at radius 1 is 1.24 bits per heavy atom. The molecule has 9 heteroatoms. The highest BCUT2D eigenvalue weighted by molar-refractivity contribution is 7.89. The van der Waals surface area contributed by atoms with Crippen molar-refractivity contribution in [2.75, 3.05) is 45.1 Å². The van der Waals surface area contributed by atoms with Crippen molar-refractivity contribution in [3.63, 3.8) is 0 Å². The van der Waals surface area contributed by atoms with Crippen molar-refractivity contribution in [3.05, 3.63) is 0 Å². The molecule has 1 amide bonds. The van der Waals surface area contributed by atoms with Crippen LogP contribution in [0.2, 0.25) is 0 Å². The van der Waals surface area contributed by atoms with E-state index in [0.29, 0.717) is 39.1 Å². The molecule has 7 nitrogen and oxygen atoms in total. The fraction of sp³-hybridized carbons (Fsp3) is 0.917. The van der Waals surface area contributed by atoms with E-state index >= 15 is 0 Å². The number of amides is 1. The second kappa shape index (κ2) is 9.58. The number of ether oxygens (including phenoxy) is 1. The topological polar surface area (TPSA) is 92.9 Å². The first kappa shape index (κ1) is 20.6. The molecule has 0 unspecified atom stereocenters. The molecule has 0 spiro atoms. The van der Waals surface area contributed by atoms with E-state index in [0.717, 1.165) is 0 Å². The molecular weight excluding hydrogens is 318 g/mol. The minimum atomic E-state index is -3.29. The lowest BCUT2D eigenvalue weighted by molar-refractivity contribution is -0.132. The molecule has 1 heterocycles. The van der Waals surface area contributed by atoms with Crippen molar-refractivity contribution in [1.29, 1.82) is 0 Å². The van der Waals surface area contributed by atoms with Gasteiger partial charge < -0.3 is 15.4 Å². The highest BCUT2D eigenvalue weighted by Gasteiger charge is 2.28. The molecule has 1 rings (SSSR count). The van der Waals surface area contributed by atoms with Crippen molar-refractivity contribution in [1.82, 2.24) is 9.21 Å². The smallest absolute Gasteiger partial charge is 0.223 e. The van der Waals surface area contributed by atoms with Crippen LogP contribution in [0.5, 0.6) is 0 Å². The zero-order valence-electron chi connectivity index (χ0n) is 12.7. The number of sulfonamides is 1. The molecule has 126 valence electrons. The van der Waals surface area contributed by atoms with E-state index in [9.17, 15) is 13.2 Å². The number of hydrogen-bond donors (Lipinski definition) is 1. The number of carbonyl (C=O) groups is 1. The van der Waals surface area contributed by atoms with Gasteiger partial charge in [0.25, 0.3) is 0 Å². The van der Waals surface area contributed by atoms with Gasteiger partial charge >= 0.3 is 0 Å². The van der Waals surface area contributed by atoms with Crippen molar-refractivity contribution in [2.45, 2.75) is 26.4 Å². The Bertz CT molecular complexity index is 409. The summed E-state index contributed by atoms with van der Waals surface area (Å²) in [5, 5.41) is 0. The molecule has 0 bridgehead atoms. The molecule has 21 heavy (non-hydrogen) atoms. The lowest BCUT2D eigenvalue weighted by Crippen LogP contribution is -2.51. The fourth-order valence-corrected chi connectivity index (χ4v) is 3.30. The van der Waals surface area contributed by atoms with Crippen LogP contribution in [0.1, 0.15) is 20.3 Å². The number of carbonyl (C=O) groups excluding carboxylic acids is 1. The zero-order chi connectivity index (χ0) is 15.2. The first-order valence-electron chi connectivity index (χ1n) is 6.94. The molecule has 0 aromatic heterocycles. The third-order valence-electron chi connectivity index (χ3n) is 3.14. The highest BCUT2D eigenvalue weighted by Crippen LogP contribution is 2.09. The number of nitrogens with two attached hydrogens (primary N) is 1. The summed E-state index contributed by atoms with van der Waals surface area (Å²) in [6, 6.07) is 0. The molecule has 1 fully saturated rings. The quantitative estimate of drug-likeness (QED) is 0.682. The van der Waals surface area contributed by atoms with Crippen LogP contribution in [0.15, 0.2) is 0 Å². The largest absolute Gasteiger partial charge is 0.378 e. The van der Waals surface area contributed by atoms with Crippen LogP contribution in [0, 0.1) is 0 Å². The van der Waals surface area contributed by atoms with E-state index in [4.69, 9.17) is 10.5 Å². The van der Waals surface area contributed by atoms with Gasteiger partial charge in [-0.3, -0.25) is 4.79 Å². The van der Waals surface area contributed by atoms with Crippen LogP contribution in [0.25, 0.3) is 0 Å². The lowest BCUT2D eigenvalue weighted by Gasteiger charge is -2.34. The minimum Gasteiger partial charge on any atom is -0.378 e. The minimum absolute atomic E-state index is 0. The van der Waals surface area contributed by atoms with Gasteiger partial charge in [-0.15, -0.1) is 12.4 Å². The van der Waals surface area contributed by atoms with E-state index in [1.807, 2.05) is 13.8 Å². The van der Waals surface area contributed by atoms with Crippen LogP contribution >= 0.6 is 12.4 Å². The zero-order valence-corrected chi connectivity index (χ0v) is 14.3. The molecule has 1 aliphatic rings. The predicted molar refractivity (Wildman–Crippen MR) is 83.9 cm³/mol. The van der Waals surface area contributed by atoms with E-state index in [2.05, 4.69) is 0 Å². The van der Waals surface area contributed by atoms with Crippen LogP contribution < -0.4 is 5.73 Å². The monoisotopic (exact) mass is 343 g/mol. The summed E-state index contributed by atoms with van der Waals surface area (Å²) in [6.07, 6.45) is 0.338. The standard InChI is InChI=1S/C12H25N3O4S.ClH/c1-11(2)19-9-10-20(17,18)15-7-5-14(6-8-15)12(16)3-4-13;/h11H,3-10,13H2,1-2H3;1H. The second-order valence-electron chi connectivity index (χ2n) is 5.05. The van der Waals surface area contributed by atoms with Gasteiger partial charge in [-0.05, 0) is 13.8 Å². The maximum atomic E-state index is 12.1. The van der Waals surface area contributed by atoms with Gasteiger partial charge in [-0.25, -0.2) is 8.42 Å². The van der Waals surface area contributed by atoms with Crippen LogP contribution in [0.3, 0.4) is 0 Å². The molecule has 1 saturated heterocycles. The van der Waals surface area contributed by atoms with Gasteiger partial charge in [-0.2, -0.15) is 4.31 Å². The van der Waals surface area contributed by atoms with Crippen LogP contribution in [-0.2, 0) is 19.6 Å². The molecular formula is C12H26ClN3O4S. The Balaban J connectivity index is 0.00000400. The average molecular weight is 344 g/mol. The predicted octanol–water partition coefficient (Wildman–Crippen LogP) is -0.344. The second-order valence-corrected chi connectivity index (χ2v) is 7.14. The SMILES string of the molecule is CC(C)OCCS(=O)(=O)N1CCN(C(=O)CCN)CC1.Cl. The number of hydrogen-bond acceptors (Lipinski definition) is 5. The van der Waals surface area contributed by atoms with E-state index in [-0.39, 0.29) is 36.8 Å². The maximum Gasteiger partial charge on any atom is 0.223 e. The van der Waals surface area contributed by atoms with E-state index < -0.39 is 10.0 Å². The summed E-state index contributed by atoms with van der Waals surface area (Å²) < 4.78 is 30.9. The van der Waals surface area contributed by atoms with E-state index in [1.165, 1.54) is 4.31 Å². The summed E-state index contributed by atoms with van der Waals surface area (Å²) >= 11 is 0. The molecule has 0 aromatic rings. The number of rotatable bonds is 7. The first-order chi connectivity index (χ1) is 9.36. The summed E-state index contributed by atoms with van der Waals surface area (Å²) in [5.41, 5.74) is 5.34. The maximum absolute atomic E-state index is 12.1. The van der Waals surface area contributed by atoms with E-state index in [1.54, 1.807) is 4.90 Å². The Morgan fingerprint density at radius 3 is 2.29 bits per heavy atom. The van der Waals surface area contributed by atoms with Gasteiger partial charge in [0.05, 0.1) is 18.5 Å². The molecule has 1 aliphatic heterocycles. The molecule has 2 N–H and O–H groups in total. The van der Waals surface area contributed by atoms with Gasteiger partial charge in [0.15, 0.2) is 0 Å². The number of nitrogens with zero attached hydrogens (tertiary/aromatic N) is 2. The normalized spacial score (nSPS) is 16.9. The molecule has 0 radical (unpaired) electrons. The highest BCUT2D eigenvalue weighted by atomic mass is 35.5. The molecule has 0 atom stereocenters. The van der Waals surface area contributed by atoms with Crippen LogP contribution in [-0.4, -0.2) is 74.7 Å². The first-order valence-corrected chi connectivity index (χ1v) is 8.55. The summed E-state index contributed by atoms with van der Waals surface area (Å²) in [6.45, 7) is 5.83. The Morgan fingerprint density at radius 2 is 1.81 bits per heavy atom. The molecule has 0 saturated carbocycles. The van der Waals surface area contributed by atoms with Gasteiger partial charge in [0.1, 0.15) is 0 Å². The Labute approximate surface area is 133 Å². The van der Waals surface area contributed by atoms with Gasteiger partial charge in [-0.1, -0.05) is 0 Å². The summed E-state index contributed by atoms with van der Waals surface area (Å²) in [7, 11) is -3.29. The van der Waals surface area contributed by atoms with Gasteiger partial charge in [0.2, 0.25) is 15.9 Å². The fourth-order valence-electron chi connectivity index (χ4n) is 2.02. The molecule has 0 aromatic carbocycles. The van der Waals surface area contributed by atoms with Crippen molar-refractivity contribution >= 4 is 28.3 Å². The molecule has 0 aliphatic carbocycles. The average Bonchev–Trinajstić information content (AvgIpc) is 2.38. The van der Waals surface area contributed by atoms with Gasteiger partial charge in [0, 0.05) is 39.1 Å². The number of piperazine rings is 1. The summed E-state index contributed by atoms with van der Waals surface area (Å²) in [4.78, 5) is 13.3.